The molecule has 1 heterocycles. The summed E-state index contributed by atoms with van der Waals surface area (Å²) in [5.74, 6) is 0. The van der Waals surface area contributed by atoms with Gasteiger partial charge in [-0.05, 0) is 30.7 Å². The van der Waals surface area contributed by atoms with E-state index >= 15 is 0 Å². The molecule has 2 heteroatoms. The van der Waals surface area contributed by atoms with Crippen LogP contribution >= 0.6 is 0 Å². The van der Waals surface area contributed by atoms with Crippen LogP contribution in [0, 0.1) is 0 Å². The first-order valence-corrected chi connectivity index (χ1v) is 6.58. The Morgan fingerprint density at radius 1 is 1.06 bits per heavy atom. The Hall–Kier alpha value is -1.67. The second-order valence-electron chi connectivity index (χ2n) is 4.44. The van der Waals surface area contributed by atoms with E-state index in [4.69, 9.17) is 0 Å². The van der Waals surface area contributed by atoms with Crippen molar-refractivity contribution in [3.05, 3.63) is 66.0 Å². The smallest absolute Gasteiger partial charge is 0.0422 e. The summed E-state index contributed by atoms with van der Waals surface area (Å²) in [7, 11) is 0. The van der Waals surface area contributed by atoms with Crippen molar-refractivity contribution >= 4 is 0 Å². The van der Waals surface area contributed by atoms with Gasteiger partial charge in [-0.25, -0.2) is 0 Å². The molecule has 1 atom stereocenters. The number of hydrogen-bond acceptors (Lipinski definition) is 2. The highest BCUT2D eigenvalue weighted by Gasteiger charge is 2.11. The van der Waals surface area contributed by atoms with Crippen LogP contribution in [0.4, 0.5) is 0 Å². The van der Waals surface area contributed by atoms with E-state index in [2.05, 4.69) is 53.6 Å². The maximum Gasteiger partial charge on any atom is 0.0422 e. The van der Waals surface area contributed by atoms with Gasteiger partial charge in [0.2, 0.25) is 0 Å². The molecule has 1 aromatic heterocycles. The topological polar surface area (TPSA) is 24.9 Å². The summed E-state index contributed by atoms with van der Waals surface area (Å²) >= 11 is 0. The molecule has 18 heavy (non-hydrogen) atoms. The van der Waals surface area contributed by atoms with Crippen molar-refractivity contribution in [3.8, 4) is 0 Å². The van der Waals surface area contributed by atoms with Crippen LogP contribution in [0.25, 0.3) is 0 Å². The Morgan fingerprint density at radius 2 is 1.83 bits per heavy atom. The highest BCUT2D eigenvalue weighted by Crippen LogP contribution is 2.17. The molecular formula is C16H20N2. The van der Waals surface area contributed by atoms with Gasteiger partial charge in [0.15, 0.2) is 0 Å². The molecule has 0 fully saturated rings. The highest BCUT2D eigenvalue weighted by molar-refractivity contribution is 5.21. The zero-order chi connectivity index (χ0) is 12.6. The number of benzene rings is 1. The van der Waals surface area contributed by atoms with Gasteiger partial charge < -0.3 is 5.32 Å². The molecule has 2 aromatic rings. The van der Waals surface area contributed by atoms with Gasteiger partial charge in [-0.3, -0.25) is 4.98 Å². The molecule has 0 radical (unpaired) electrons. The number of pyridine rings is 1. The number of rotatable bonds is 6. The molecule has 0 aliphatic heterocycles. The zero-order valence-corrected chi connectivity index (χ0v) is 10.8. The van der Waals surface area contributed by atoms with E-state index in [0.29, 0.717) is 6.04 Å². The van der Waals surface area contributed by atoms with Crippen LogP contribution in [0.1, 0.15) is 30.6 Å². The van der Waals surface area contributed by atoms with Gasteiger partial charge in [0.05, 0.1) is 0 Å². The zero-order valence-electron chi connectivity index (χ0n) is 10.8. The minimum absolute atomic E-state index is 0.348. The Bertz CT molecular complexity index is 439. The lowest BCUT2D eigenvalue weighted by atomic mass is 10.0. The van der Waals surface area contributed by atoms with Gasteiger partial charge in [-0.2, -0.15) is 0 Å². The Labute approximate surface area is 109 Å². The fourth-order valence-corrected chi connectivity index (χ4v) is 2.04. The lowest BCUT2D eigenvalue weighted by Gasteiger charge is -2.18. The predicted octanol–water partition coefficient (Wildman–Crippen LogP) is 3.37. The minimum atomic E-state index is 0.348. The van der Waals surface area contributed by atoms with E-state index in [-0.39, 0.29) is 0 Å². The average Bonchev–Trinajstić information content (AvgIpc) is 2.45. The van der Waals surface area contributed by atoms with Crippen LogP contribution in [-0.4, -0.2) is 11.5 Å². The number of nitrogens with zero attached hydrogens (tertiary/aromatic N) is 1. The number of hydrogen-bond donors (Lipinski definition) is 1. The number of aromatic nitrogens is 1. The van der Waals surface area contributed by atoms with E-state index in [1.165, 1.54) is 5.56 Å². The van der Waals surface area contributed by atoms with Crippen molar-refractivity contribution in [1.82, 2.24) is 10.3 Å². The molecular weight excluding hydrogens is 220 g/mol. The Kier molecular flexibility index (Phi) is 4.91. The highest BCUT2D eigenvalue weighted by atomic mass is 14.9. The quantitative estimate of drug-likeness (QED) is 0.837. The fraction of sp³-hybridized carbons (Fsp3) is 0.312. The van der Waals surface area contributed by atoms with Crippen molar-refractivity contribution in [2.24, 2.45) is 0 Å². The summed E-state index contributed by atoms with van der Waals surface area (Å²) in [6.45, 7) is 3.22. The molecule has 1 aromatic carbocycles. The molecule has 1 N–H and O–H groups in total. The first kappa shape index (κ1) is 12.8. The summed E-state index contributed by atoms with van der Waals surface area (Å²) in [5, 5.41) is 3.59. The third-order valence-electron chi connectivity index (χ3n) is 2.98. The summed E-state index contributed by atoms with van der Waals surface area (Å²) in [5.41, 5.74) is 2.46. The third-order valence-corrected chi connectivity index (χ3v) is 2.98. The van der Waals surface area contributed by atoms with Crippen LogP contribution < -0.4 is 5.32 Å². The summed E-state index contributed by atoms with van der Waals surface area (Å²) in [4.78, 5) is 4.41. The molecule has 2 rings (SSSR count). The monoisotopic (exact) mass is 240 g/mol. The van der Waals surface area contributed by atoms with Gasteiger partial charge in [-0.1, -0.05) is 43.3 Å². The van der Waals surface area contributed by atoms with Gasteiger partial charge in [0.25, 0.3) is 0 Å². The standard InChI is InChI=1S/C16H20N2/c1-2-11-18-16(14-8-4-3-5-9-14)13-15-10-6-7-12-17-15/h3-10,12,16,18H,2,11,13H2,1H3. The molecule has 0 spiro atoms. The molecule has 0 saturated carbocycles. The largest absolute Gasteiger partial charge is 0.310 e. The van der Waals surface area contributed by atoms with Gasteiger partial charge >= 0.3 is 0 Å². The fourth-order valence-electron chi connectivity index (χ4n) is 2.04. The van der Waals surface area contributed by atoms with Gasteiger partial charge in [-0.15, -0.1) is 0 Å². The maximum absolute atomic E-state index is 4.41. The lowest BCUT2D eigenvalue weighted by molar-refractivity contribution is 0.524. The SMILES string of the molecule is CCCNC(Cc1ccccn1)c1ccccc1. The van der Waals surface area contributed by atoms with E-state index in [0.717, 1.165) is 25.1 Å². The van der Waals surface area contributed by atoms with Crippen molar-refractivity contribution in [3.63, 3.8) is 0 Å². The molecule has 1 unspecified atom stereocenters. The number of nitrogens with one attached hydrogen (secondary N) is 1. The summed E-state index contributed by atoms with van der Waals surface area (Å²) in [6.07, 6.45) is 3.94. The molecule has 94 valence electrons. The van der Waals surface area contributed by atoms with E-state index in [1.807, 2.05) is 18.3 Å². The minimum Gasteiger partial charge on any atom is -0.310 e. The first-order valence-electron chi connectivity index (χ1n) is 6.58. The third kappa shape index (κ3) is 3.67. The summed E-state index contributed by atoms with van der Waals surface area (Å²) < 4.78 is 0. The maximum atomic E-state index is 4.41. The van der Waals surface area contributed by atoms with Crippen molar-refractivity contribution < 1.29 is 0 Å². The van der Waals surface area contributed by atoms with E-state index < -0.39 is 0 Å². The molecule has 2 nitrogen and oxygen atoms in total. The van der Waals surface area contributed by atoms with E-state index in [1.54, 1.807) is 0 Å². The van der Waals surface area contributed by atoms with Crippen LogP contribution in [0.2, 0.25) is 0 Å². The average molecular weight is 240 g/mol. The second-order valence-corrected chi connectivity index (χ2v) is 4.44. The molecule has 0 amide bonds. The Morgan fingerprint density at radius 3 is 2.50 bits per heavy atom. The van der Waals surface area contributed by atoms with Crippen LogP contribution in [-0.2, 0) is 6.42 Å². The summed E-state index contributed by atoms with van der Waals surface area (Å²) in [6, 6.07) is 17.0. The normalized spacial score (nSPS) is 12.3. The first-order chi connectivity index (χ1) is 8.90. The second kappa shape index (κ2) is 6.92. The van der Waals surface area contributed by atoms with Crippen molar-refractivity contribution in [2.45, 2.75) is 25.8 Å². The van der Waals surface area contributed by atoms with Gasteiger partial charge in [0.1, 0.15) is 0 Å². The van der Waals surface area contributed by atoms with Crippen LogP contribution in [0.5, 0.6) is 0 Å². The van der Waals surface area contributed by atoms with Crippen molar-refractivity contribution in [1.29, 1.82) is 0 Å². The molecule has 0 aliphatic rings. The van der Waals surface area contributed by atoms with Crippen LogP contribution in [0.3, 0.4) is 0 Å². The van der Waals surface area contributed by atoms with E-state index in [9.17, 15) is 0 Å². The Balaban J connectivity index is 2.10. The predicted molar refractivity (Wildman–Crippen MR) is 75.4 cm³/mol. The van der Waals surface area contributed by atoms with Crippen LogP contribution in [0.15, 0.2) is 54.7 Å². The molecule has 0 saturated heterocycles. The molecule has 0 aliphatic carbocycles. The molecule has 0 bridgehead atoms. The van der Waals surface area contributed by atoms with Gasteiger partial charge in [0, 0.05) is 24.4 Å². The van der Waals surface area contributed by atoms with Crippen molar-refractivity contribution in [2.75, 3.05) is 6.54 Å². The lowest BCUT2D eigenvalue weighted by Crippen LogP contribution is -2.24.